The van der Waals surface area contributed by atoms with Gasteiger partial charge in [-0.1, -0.05) is 66.5 Å². The number of ketones is 1. The second kappa shape index (κ2) is 10.2. The Hall–Kier alpha value is -2.18. The molecule has 0 unspecified atom stereocenters. The molecule has 0 aromatic carbocycles. The lowest BCUT2D eigenvalue weighted by Crippen LogP contribution is -2.65. The van der Waals surface area contributed by atoms with Crippen LogP contribution in [0.15, 0.2) is 11.1 Å². The van der Waals surface area contributed by atoms with Crippen molar-refractivity contribution >= 4 is 23.7 Å². The summed E-state index contributed by atoms with van der Waals surface area (Å²) in [5, 5.41) is 19.8. The summed E-state index contributed by atoms with van der Waals surface area (Å²) < 4.78 is 5.69. The third kappa shape index (κ3) is 4.42. The third-order valence-corrected chi connectivity index (χ3v) is 13.5. The predicted molar refractivity (Wildman–Crippen MR) is 156 cm³/mol. The van der Waals surface area contributed by atoms with Gasteiger partial charge in [0.05, 0.1) is 5.92 Å². The third-order valence-electron chi connectivity index (χ3n) is 13.5. The van der Waals surface area contributed by atoms with E-state index in [4.69, 9.17) is 4.74 Å². The number of rotatable bonds is 8. The Kier molecular flexibility index (Phi) is 7.92. The van der Waals surface area contributed by atoms with Gasteiger partial charge in [0, 0.05) is 24.7 Å². The van der Waals surface area contributed by atoms with Gasteiger partial charge in [-0.25, -0.2) is 4.79 Å². The molecule has 0 spiro atoms. The summed E-state index contributed by atoms with van der Waals surface area (Å²) in [6.07, 6.45) is 7.33. The minimum absolute atomic E-state index is 0.0118. The minimum atomic E-state index is -1.52. The Morgan fingerprint density at radius 3 is 2.05 bits per heavy atom. The van der Waals surface area contributed by atoms with Crippen molar-refractivity contribution in [3.05, 3.63) is 11.1 Å². The zero-order valence-corrected chi connectivity index (χ0v) is 26.7. The maximum absolute atomic E-state index is 13.1. The van der Waals surface area contributed by atoms with E-state index in [1.165, 1.54) is 12.5 Å². The van der Waals surface area contributed by atoms with Crippen LogP contribution < -0.4 is 0 Å². The van der Waals surface area contributed by atoms with Crippen molar-refractivity contribution < 1.29 is 34.1 Å². The molecule has 0 amide bonds. The van der Waals surface area contributed by atoms with Crippen LogP contribution in [-0.2, 0) is 23.9 Å². The Morgan fingerprint density at radius 1 is 0.854 bits per heavy atom. The fourth-order valence-electron chi connectivity index (χ4n) is 10.6. The number of carboxylic acid groups (broad SMARTS) is 2. The molecule has 0 aromatic heterocycles. The summed E-state index contributed by atoms with van der Waals surface area (Å²) in [7, 11) is 0. The average Bonchev–Trinajstić information content (AvgIpc) is 3.15. The summed E-state index contributed by atoms with van der Waals surface area (Å²) in [5.41, 5.74) is 0.726. The van der Waals surface area contributed by atoms with E-state index in [0.29, 0.717) is 25.2 Å². The molecule has 9 atom stereocenters. The number of aliphatic carboxylic acids is 2. The molecule has 0 aliphatic heterocycles. The average molecular weight is 573 g/mol. The first-order chi connectivity index (χ1) is 18.8. The molecule has 7 heteroatoms. The van der Waals surface area contributed by atoms with Gasteiger partial charge < -0.3 is 14.9 Å². The highest BCUT2D eigenvalue weighted by atomic mass is 16.6. The minimum Gasteiger partial charge on any atom is -0.481 e. The SMILES string of the molecule is CC(=O)O[C@]1(C(=O)O)CC[C@]2(C)C3=C(CC[C@H]2C1(C)C)[C@]1(C)CC[C@H]([C@H](C)CC(=O)[C@@H](C)[C@H](C)C(=O)O)[C@@]1(C)CC3. The highest BCUT2D eigenvalue weighted by Crippen LogP contribution is 2.73. The van der Waals surface area contributed by atoms with Crippen molar-refractivity contribution in [2.75, 3.05) is 0 Å². The molecule has 0 heterocycles. The van der Waals surface area contributed by atoms with Crippen molar-refractivity contribution in [1.29, 1.82) is 0 Å². The van der Waals surface area contributed by atoms with Gasteiger partial charge in [-0.3, -0.25) is 14.4 Å². The number of carboxylic acids is 2. The highest BCUT2D eigenvalue weighted by Gasteiger charge is 2.68. The van der Waals surface area contributed by atoms with Crippen LogP contribution in [-0.4, -0.2) is 39.5 Å². The first kappa shape index (κ1) is 31.7. The Labute approximate surface area is 245 Å². The number of carbonyl (C=O) groups excluding carboxylic acids is 2. The first-order valence-corrected chi connectivity index (χ1v) is 15.7. The number of hydrogen-bond donors (Lipinski definition) is 2. The van der Waals surface area contributed by atoms with E-state index in [1.807, 2.05) is 13.8 Å². The fraction of sp³-hybridized carbons (Fsp3) is 0.824. The van der Waals surface area contributed by atoms with Crippen LogP contribution in [0.4, 0.5) is 0 Å². The van der Waals surface area contributed by atoms with Crippen molar-refractivity contribution in [2.45, 2.75) is 126 Å². The van der Waals surface area contributed by atoms with Crippen molar-refractivity contribution in [1.82, 2.24) is 0 Å². The van der Waals surface area contributed by atoms with E-state index in [0.717, 1.165) is 38.5 Å². The summed E-state index contributed by atoms with van der Waals surface area (Å²) in [4.78, 5) is 49.4. The molecule has 0 aromatic rings. The van der Waals surface area contributed by atoms with E-state index in [1.54, 1.807) is 19.4 Å². The second-order valence-corrected chi connectivity index (χ2v) is 15.4. The van der Waals surface area contributed by atoms with Crippen LogP contribution >= 0.6 is 0 Å². The van der Waals surface area contributed by atoms with E-state index in [-0.39, 0.29) is 33.9 Å². The topological polar surface area (TPSA) is 118 Å². The van der Waals surface area contributed by atoms with Gasteiger partial charge in [0.2, 0.25) is 5.60 Å². The number of carbonyl (C=O) groups is 4. The van der Waals surface area contributed by atoms with Crippen molar-refractivity contribution in [2.24, 2.45) is 51.2 Å². The van der Waals surface area contributed by atoms with Crippen LogP contribution in [0.25, 0.3) is 0 Å². The van der Waals surface area contributed by atoms with Gasteiger partial charge in [0.1, 0.15) is 5.78 Å². The van der Waals surface area contributed by atoms with Crippen LogP contribution in [0, 0.1) is 51.2 Å². The van der Waals surface area contributed by atoms with Gasteiger partial charge in [0.25, 0.3) is 0 Å². The number of hydrogen-bond acceptors (Lipinski definition) is 5. The molecule has 4 aliphatic rings. The maximum atomic E-state index is 13.1. The Morgan fingerprint density at radius 2 is 1.49 bits per heavy atom. The molecule has 0 saturated heterocycles. The summed E-state index contributed by atoms with van der Waals surface area (Å²) in [6, 6.07) is 0. The molecular weight excluding hydrogens is 520 g/mol. The highest BCUT2D eigenvalue weighted by molar-refractivity contribution is 5.86. The first-order valence-electron chi connectivity index (χ1n) is 15.7. The quantitative estimate of drug-likeness (QED) is 0.236. The molecule has 41 heavy (non-hydrogen) atoms. The van der Waals surface area contributed by atoms with Gasteiger partial charge >= 0.3 is 17.9 Å². The smallest absolute Gasteiger partial charge is 0.348 e. The Bertz CT molecular complexity index is 1170. The van der Waals surface area contributed by atoms with Gasteiger partial charge in [0.15, 0.2) is 0 Å². The summed E-state index contributed by atoms with van der Waals surface area (Å²) in [5.74, 6) is -2.99. The number of fused-ring (bicyclic) bond motifs is 4. The van der Waals surface area contributed by atoms with Gasteiger partial charge in [-0.2, -0.15) is 0 Å². The molecule has 2 N–H and O–H groups in total. The van der Waals surface area contributed by atoms with Crippen LogP contribution in [0.2, 0.25) is 0 Å². The van der Waals surface area contributed by atoms with Crippen molar-refractivity contribution in [3.8, 4) is 0 Å². The van der Waals surface area contributed by atoms with Crippen LogP contribution in [0.5, 0.6) is 0 Å². The molecule has 2 fully saturated rings. The molecule has 0 radical (unpaired) electrons. The van der Waals surface area contributed by atoms with Gasteiger partial charge in [-0.15, -0.1) is 0 Å². The molecule has 230 valence electrons. The summed E-state index contributed by atoms with van der Waals surface area (Å²) in [6.45, 7) is 18.0. The van der Waals surface area contributed by atoms with Crippen molar-refractivity contribution in [3.63, 3.8) is 0 Å². The zero-order chi connectivity index (χ0) is 30.9. The second-order valence-electron chi connectivity index (χ2n) is 15.4. The van der Waals surface area contributed by atoms with E-state index in [2.05, 4.69) is 27.7 Å². The fourth-order valence-corrected chi connectivity index (χ4v) is 10.6. The number of Topliss-reactive ketones (excluding diaryl/α,β-unsaturated/α-hetero) is 1. The molecule has 7 nitrogen and oxygen atoms in total. The maximum Gasteiger partial charge on any atom is 0.348 e. The van der Waals surface area contributed by atoms with E-state index in [9.17, 15) is 29.4 Å². The van der Waals surface area contributed by atoms with E-state index < -0.39 is 40.8 Å². The lowest BCUT2D eigenvalue weighted by atomic mass is 9.41. The standard InChI is InChI=1S/C34H52O7/c1-19(18-26(36)20(2)21(3)28(37)38)23-12-14-33(9)25-10-11-27-30(5,6)34(29(39)40,41-22(4)35)17-16-31(27,7)24(25)13-15-32(23,33)8/h19-21,23,27H,10-18H2,1-9H3,(H,37,38)(H,39,40)/t19-,20+,21+,23-,27+,31-,32-,33+,34+/m1/s1. The lowest BCUT2D eigenvalue weighted by Gasteiger charge is -2.64. The van der Waals surface area contributed by atoms with E-state index >= 15 is 0 Å². The molecule has 4 rings (SSSR count). The molecular formula is C34H52O7. The molecule has 4 aliphatic carbocycles. The number of allylic oxidation sites excluding steroid dienone is 2. The Balaban J connectivity index is 1.64. The predicted octanol–water partition coefficient (Wildman–Crippen LogP) is 7.07. The van der Waals surface area contributed by atoms with Crippen LogP contribution in [0.3, 0.4) is 0 Å². The monoisotopic (exact) mass is 572 g/mol. The largest absolute Gasteiger partial charge is 0.481 e. The normalized spacial score (nSPS) is 39.9. The lowest BCUT2D eigenvalue weighted by molar-refractivity contribution is -0.218. The van der Waals surface area contributed by atoms with Gasteiger partial charge in [-0.05, 0) is 85.4 Å². The van der Waals surface area contributed by atoms with Crippen LogP contribution in [0.1, 0.15) is 120 Å². The summed E-state index contributed by atoms with van der Waals surface area (Å²) >= 11 is 0. The number of ether oxygens (including phenoxy) is 1. The molecule has 2 saturated carbocycles. The number of esters is 1. The molecule has 0 bridgehead atoms. The zero-order valence-electron chi connectivity index (χ0n) is 26.7.